The Morgan fingerprint density at radius 3 is 2.89 bits per heavy atom. The average Bonchev–Trinajstić information content (AvgIpc) is 3.36. The number of fused-ring (bicyclic) bond motifs is 1. The molecule has 0 spiro atoms. The van der Waals surface area contributed by atoms with Crippen LogP contribution < -0.4 is 5.32 Å². The smallest absolute Gasteiger partial charge is 0.287 e. The van der Waals surface area contributed by atoms with Crippen LogP contribution in [0.15, 0.2) is 33.0 Å². The van der Waals surface area contributed by atoms with Crippen LogP contribution in [-0.2, 0) is 5.75 Å². The minimum absolute atomic E-state index is 0.156. The summed E-state index contributed by atoms with van der Waals surface area (Å²) < 4.78 is 6.83. The molecule has 0 radical (unpaired) electrons. The molecule has 0 aliphatic heterocycles. The molecule has 1 amide bonds. The highest BCUT2D eigenvalue weighted by Crippen LogP contribution is 2.33. The maximum atomic E-state index is 12.9. The average molecular weight is 417 g/mol. The number of aromatic nitrogens is 2. The van der Waals surface area contributed by atoms with Crippen molar-refractivity contribution in [3.63, 3.8) is 0 Å². The van der Waals surface area contributed by atoms with Gasteiger partial charge >= 0.3 is 0 Å². The van der Waals surface area contributed by atoms with E-state index in [2.05, 4.69) is 34.4 Å². The van der Waals surface area contributed by atoms with Crippen molar-refractivity contribution in [3.05, 3.63) is 40.6 Å². The van der Waals surface area contributed by atoms with Crippen LogP contribution in [0.5, 0.6) is 0 Å². The van der Waals surface area contributed by atoms with Crippen molar-refractivity contribution >= 4 is 40.0 Å². The number of para-hydroxylation sites is 1. The van der Waals surface area contributed by atoms with E-state index in [9.17, 15) is 4.79 Å². The van der Waals surface area contributed by atoms with E-state index >= 15 is 0 Å². The number of nitrogens with one attached hydrogen (secondary N) is 1. The summed E-state index contributed by atoms with van der Waals surface area (Å²) in [6.07, 6.45) is 2.51. The summed E-state index contributed by atoms with van der Waals surface area (Å²) in [4.78, 5) is 15.2. The third-order valence-corrected chi connectivity index (χ3v) is 7.13. The zero-order valence-electron chi connectivity index (χ0n) is 16.3. The van der Waals surface area contributed by atoms with E-state index in [-0.39, 0.29) is 5.91 Å². The van der Waals surface area contributed by atoms with Crippen molar-refractivity contribution < 1.29 is 9.21 Å². The standard InChI is InChI=1S/C20H24N4O2S2/c1-12(24(3)14-8-9-14)10-21-19(25)18-16(11-27-20-23-22-13(2)28-20)15-6-4-5-7-17(15)26-18/h4-7,12,14H,8-11H2,1-3H3,(H,21,25). The van der Waals surface area contributed by atoms with E-state index in [1.807, 2.05) is 31.2 Å². The molecular weight excluding hydrogens is 392 g/mol. The summed E-state index contributed by atoms with van der Waals surface area (Å²) in [5, 5.41) is 13.2. The molecule has 2 heterocycles. The Kier molecular flexibility index (Phi) is 5.70. The Morgan fingerprint density at radius 1 is 1.39 bits per heavy atom. The highest BCUT2D eigenvalue weighted by atomic mass is 32.2. The molecule has 0 bridgehead atoms. The molecule has 148 valence electrons. The van der Waals surface area contributed by atoms with Crippen molar-refractivity contribution in [2.45, 2.75) is 48.9 Å². The Labute approximate surface area is 172 Å². The monoisotopic (exact) mass is 416 g/mol. The van der Waals surface area contributed by atoms with Crippen molar-refractivity contribution in [1.82, 2.24) is 20.4 Å². The molecule has 1 unspecified atom stereocenters. The maximum Gasteiger partial charge on any atom is 0.287 e. The van der Waals surface area contributed by atoms with E-state index in [0.717, 1.165) is 25.9 Å². The van der Waals surface area contributed by atoms with Crippen LogP contribution in [0.4, 0.5) is 0 Å². The first-order valence-corrected chi connectivity index (χ1v) is 11.3. The van der Waals surface area contributed by atoms with Crippen LogP contribution in [0.1, 0.15) is 40.9 Å². The number of thioether (sulfide) groups is 1. The molecule has 28 heavy (non-hydrogen) atoms. The number of hydrogen-bond donors (Lipinski definition) is 1. The second-order valence-corrected chi connectivity index (χ2v) is 9.64. The van der Waals surface area contributed by atoms with E-state index in [4.69, 9.17) is 4.42 Å². The number of carbonyl (C=O) groups is 1. The SMILES string of the molecule is Cc1nnc(SCc2c(C(=O)NCC(C)N(C)C3CC3)oc3ccccc23)s1. The van der Waals surface area contributed by atoms with Gasteiger partial charge in [-0.2, -0.15) is 0 Å². The Bertz CT molecular complexity index is 980. The zero-order valence-corrected chi connectivity index (χ0v) is 17.9. The van der Waals surface area contributed by atoms with Gasteiger partial charge < -0.3 is 9.73 Å². The van der Waals surface area contributed by atoms with E-state index in [1.165, 1.54) is 12.8 Å². The molecule has 1 aliphatic carbocycles. The number of amides is 1. The third kappa shape index (κ3) is 4.24. The van der Waals surface area contributed by atoms with Gasteiger partial charge in [-0.25, -0.2) is 0 Å². The van der Waals surface area contributed by atoms with Crippen molar-refractivity contribution in [2.24, 2.45) is 0 Å². The van der Waals surface area contributed by atoms with Crippen molar-refractivity contribution in [3.8, 4) is 0 Å². The van der Waals surface area contributed by atoms with E-state index < -0.39 is 0 Å². The molecule has 2 aromatic heterocycles. The second-order valence-electron chi connectivity index (χ2n) is 7.24. The molecule has 8 heteroatoms. The van der Waals surface area contributed by atoms with Gasteiger partial charge in [-0.05, 0) is 39.8 Å². The summed E-state index contributed by atoms with van der Waals surface area (Å²) in [6, 6.07) is 8.75. The number of carbonyl (C=O) groups excluding carboxylic acids is 1. The maximum absolute atomic E-state index is 12.9. The van der Waals surface area contributed by atoms with Gasteiger partial charge in [0.25, 0.3) is 5.91 Å². The highest BCUT2D eigenvalue weighted by Gasteiger charge is 2.29. The summed E-state index contributed by atoms with van der Waals surface area (Å²) in [7, 11) is 2.13. The molecule has 1 fully saturated rings. The fourth-order valence-corrected chi connectivity index (χ4v) is 5.05. The van der Waals surface area contributed by atoms with Gasteiger partial charge in [0.15, 0.2) is 10.1 Å². The Hall–Kier alpha value is -1.90. The lowest BCUT2D eigenvalue weighted by Gasteiger charge is -2.24. The van der Waals surface area contributed by atoms with Gasteiger partial charge in [-0.3, -0.25) is 9.69 Å². The third-order valence-electron chi connectivity index (χ3n) is 5.13. The first kappa shape index (κ1) is 19.4. The minimum Gasteiger partial charge on any atom is -0.451 e. The number of furan rings is 1. The Morgan fingerprint density at radius 2 is 2.18 bits per heavy atom. The van der Waals surface area contributed by atoms with Crippen molar-refractivity contribution in [1.29, 1.82) is 0 Å². The first-order valence-electron chi connectivity index (χ1n) is 9.46. The number of aryl methyl sites for hydroxylation is 1. The summed E-state index contributed by atoms with van der Waals surface area (Å²) in [5.41, 5.74) is 1.65. The fourth-order valence-electron chi connectivity index (χ4n) is 3.20. The largest absolute Gasteiger partial charge is 0.451 e. The molecule has 6 nitrogen and oxygen atoms in total. The summed E-state index contributed by atoms with van der Waals surface area (Å²) >= 11 is 3.14. The molecule has 4 rings (SSSR count). The minimum atomic E-state index is -0.156. The molecule has 1 N–H and O–H groups in total. The number of nitrogens with zero attached hydrogens (tertiary/aromatic N) is 3. The first-order chi connectivity index (χ1) is 13.5. The molecule has 1 saturated carbocycles. The van der Waals surface area contributed by atoms with Crippen LogP contribution in [0.2, 0.25) is 0 Å². The lowest BCUT2D eigenvalue weighted by molar-refractivity contribution is 0.0913. The van der Waals surface area contributed by atoms with Gasteiger partial charge in [-0.15, -0.1) is 10.2 Å². The molecule has 1 atom stereocenters. The van der Waals surface area contributed by atoms with Crippen LogP contribution in [-0.4, -0.2) is 46.7 Å². The second kappa shape index (κ2) is 8.23. The molecule has 1 aromatic carbocycles. The van der Waals surface area contributed by atoms with Gasteiger partial charge in [0.1, 0.15) is 10.6 Å². The van der Waals surface area contributed by atoms with Crippen LogP contribution in [0.3, 0.4) is 0 Å². The lowest BCUT2D eigenvalue weighted by atomic mass is 10.1. The van der Waals surface area contributed by atoms with Gasteiger partial charge in [0.05, 0.1) is 0 Å². The van der Waals surface area contributed by atoms with E-state index in [1.54, 1.807) is 23.1 Å². The number of hydrogen-bond acceptors (Lipinski definition) is 7. The molecule has 1 aliphatic rings. The predicted octanol–water partition coefficient (Wildman–Crippen LogP) is 4.10. The van der Waals surface area contributed by atoms with Crippen LogP contribution >= 0.6 is 23.1 Å². The molecule has 0 saturated heterocycles. The Balaban J connectivity index is 1.50. The summed E-state index contributed by atoms with van der Waals surface area (Å²) in [5.74, 6) is 0.860. The number of likely N-dealkylation sites (N-methyl/N-ethyl adjacent to an activating group) is 1. The van der Waals surface area contributed by atoms with Crippen LogP contribution in [0.25, 0.3) is 11.0 Å². The zero-order chi connectivity index (χ0) is 19.7. The van der Waals surface area contributed by atoms with Crippen molar-refractivity contribution in [2.75, 3.05) is 13.6 Å². The number of rotatable bonds is 8. The van der Waals surface area contributed by atoms with Crippen LogP contribution in [0, 0.1) is 6.92 Å². The molecule has 3 aromatic rings. The molecular formula is C20H24N4O2S2. The summed E-state index contributed by atoms with van der Waals surface area (Å²) in [6.45, 7) is 4.69. The quantitative estimate of drug-likeness (QED) is 0.558. The van der Waals surface area contributed by atoms with Gasteiger partial charge in [0, 0.05) is 35.3 Å². The predicted molar refractivity (Wildman–Crippen MR) is 113 cm³/mol. The van der Waals surface area contributed by atoms with E-state index in [0.29, 0.717) is 30.1 Å². The number of benzene rings is 1. The topological polar surface area (TPSA) is 71.3 Å². The van der Waals surface area contributed by atoms with Gasteiger partial charge in [0.2, 0.25) is 0 Å². The van der Waals surface area contributed by atoms with Gasteiger partial charge in [-0.1, -0.05) is 41.3 Å². The highest BCUT2D eigenvalue weighted by molar-refractivity contribution is 8.00. The normalized spacial score (nSPS) is 15.3. The fraction of sp³-hybridized carbons (Fsp3) is 0.450. The lowest BCUT2D eigenvalue weighted by Crippen LogP contribution is -2.41.